The Morgan fingerprint density at radius 2 is 1.84 bits per heavy atom. The molecule has 0 aliphatic rings. The summed E-state index contributed by atoms with van der Waals surface area (Å²) >= 11 is 0. The van der Waals surface area contributed by atoms with Crippen LogP contribution in [0.5, 0.6) is 0 Å². The molecule has 4 heteroatoms. The fourth-order valence-corrected chi connectivity index (χ4v) is 1.89. The number of rotatable bonds is 3. The summed E-state index contributed by atoms with van der Waals surface area (Å²) in [5.74, 6) is -0.211. The number of benzene rings is 2. The second kappa shape index (κ2) is 5.44. The number of aryl methyl sites for hydroxylation is 1. The third kappa shape index (κ3) is 3.04. The van der Waals surface area contributed by atoms with Crippen molar-refractivity contribution in [2.75, 3.05) is 11.5 Å². The van der Waals surface area contributed by atoms with Crippen LogP contribution in [0.1, 0.15) is 21.5 Å². The summed E-state index contributed by atoms with van der Waals surface area (Å²) in [6, 6.07) is 13.2. The van der Waals surface area contributed by atoms with Crippen LogP contribution in [0.2, 0.25) is 0 Å². The highest BCUT2D eigenvalue weighted by Crippen LogP contribution is 2.22. The van der Waals surface area contributed by atoms with Gasteiger partial charge in [0.15, 0.2) is 0 Å². The molecule has 0 aliphatic heterocycles. The van der Waals surface area contributed by atoms with Crippen molar-refractivity contribution in [1.82, 2.24) is 5.32 Å². The van der Waals surface area contributed by atoms with Crippen LogP contribution in [-0.2, 0) is 6.54 Å². The first-order valence-corrected chi connectivity index (χ1v) is 6.05. The lowest BCUT2D eigenvalue weighted by atomic mass is 10.1. The molecule has 0 saturated carbocycles. The van der Waals surface area contributed by atoms with Crippen molar-refractivity contribution in [3.63, 3.8) is 0 Å². The maximum atomic E-state index is 12.1. The summed E-state index contributed by atoms with van der Waals surface area (Å²) in [7, 11) is 0. The van der Waals surface area contributed by atoms with Gasteiger partial charge in [-0.2, -0.15) is 0 Å². The van der Waals surface area contributed by atoms with Crippen molar-refractivity contribution in [3.05, 3.63) is 59.2 Å². The molecule has 0 unspecified atom stereocenters. The first kappa shape index (κ1) is 13.0. The van der Waals surface area contributed by atoms with Gasteiger partial charge in [-0.15, -0.1) is 0 Å². The molecule has 2 aromatic carbocycles. The first-order valence-electron chi connectivity index (χ1n) is 6.05. The molecule has 0 radical (unpaired) electrons. The Labute approximate surface area is 112 Å². The van der Waals surface area contributed by atoms with Crippen molar-refractivity contribution in [3.8, 4) is 0 Å². The molecular weight excluding hydrogens is 238 g/mol. The molecular formula is C15H17N3O. The van der Waals surface area contributed by atoms with E-state index < -0.39 is 0 Å². The van der Waals surface area contributed by atoms with Gasteiger partial charge in [-0.1, -0.05) is 30.3 Å². The van der Waals surface area contributed by atoms with Crippen molar-refractivity contribution in [2.24, 2.45) is 0 Å². The maximum Gasteiger partial charge on any atom is 0.253 e. The fourth-order valence-electron chi connectivity index (χ4n) is 1.89. The third-order valence-electron chi connectivity index (χ3n) is 2.90. The summed E-state index contributed by atoms with van der Waals surface area (Å²) in [4.78, 5) is 12.1. The number of nitrogens with two attached hydrogens (primary N) is 2. The minimum atomic E-state index is -0.211. The molecule has 4 nitrogen and oxygen atoms in total. The largest absolute Gasteiger partial charge is 0.397 e. The van der Waals surface area contributed by atoms with E-state index in [4.69, 9.17) is 11.5 Å². The number of anilines is 2. The Hall–Kier alpha value is -2.49. The Bertz CT molecular complexity index is 594. The van der Waals surface area contributed by atoms with Gasteiger partial charge < -0.3 is 16.8 Å². The lowest BCUT2D eigenvalue weighted by Crippen LogP contribution is -2.24. The molecule has 19 heavy (non-hydrogen) atoms. The van der Waals surface area contributed by atoms with Crippen LogP contribution in [0.25, 0.3) is 0 Å². The summed E-state index contributed by atoms with van der Waals surface area (Å²) in [6.45, 7) is 2.34. The summed E-state index contributed by atoms with van der Waals surface area (Å²) in [5, 5.41) is 2.84. The molecule has 0 fully saturated rings. The smallest absolute Gasteiger partial charge is 0.253 e. The number of nitrogen functional groups attached to an aromatic ring is 2. The average Bonchev–Trinajstić information content (AvgIpc) is 2.41. The van der Waals surface area contributed by atoms with E-state index in [-0.39, 0.29) is 5.91 Å². The normalized spacial score (nSPS) is 10.2. The molecule has 0 heterocycles. The molecule has 0 spiro atoms. The number of carbonyl (C=O) groups is 1. The van der Waals surface area contributed by atoms with Gasteiger partial charge in [0, 0.05) is 6.54 Å². The van der Waals surface area contributed by atoms with Crippen molar-refractivity contribution in [1.29, 1.82) is 0 Å². The average molecular weight is 255 g/mol. The maximum absolute atomic E-state index is 12.1. The standard InChI is InChI=1S/C15H17N3O/c1-10-7-12(14(17)13(16)8-10)15(19)18-9-11-5-3-2-4-6-11/h2-8H,9,16-17H2,1H3,(H,18,19). The highest BCUT2D eigenvalue weighted by atomic mass is 16.1. The van der Waals surface area contributed by atoms with Gasteiger partial charge in [-0.25, -0.2) is 0 Å². The van der Waals surface area contributed by atoms with E-state index in [0.29, 0.717) is 23.5 Å². The number of hydrogen-bond donors (Lipinski definition) is 3. The van der Waals surface area contributed by atoms with Crippen LogP contribution < -0.4 is 16.8 Å². The SMILES string of the molecule is Cc1cc(N)c(N)c(C(=O)NCc2ccccc2)c1. The zero-order valence-corrected chi connectivity index (χ0v) is 10.8. The van der Waals surface area contributed by atoms with E-state index in [1.807, 2.05) is 37.3 Å². The van der Waals surface area contributed by atoms with Crippen molar-refractivity contribution < 1.29 is 4.79 Å². The van der Waals surface area contributed by atoms with Crippen LogP contribution in [0, 0.1) is 6.92 Å². The van der Waals surface area contributed by atoms with Crippen LogP contribution in [-0.4, -0.2) is 5.91 Å². The van der Waals surface area contributed by atoms with Crippen molar-refractivity contribution >= 4 is 17.3 Å². The summed E-state index contributed by atoms with van der Waals surface area (Å²) in [5.41, 5.74) is 14.7. The molecule has 0 aliphatic carbocycles. The lowest BCUT2D eigenvalue weighted by molar-refractivity contribution is 0.0951. The highest BCUT2D eigenvalue weighted by molar-refractivity contribution is 6.01. The molecule has 0 bridgehead atoms. The van der Waals surface area contributed by atoms with Gasteiger partial charge in [0.25, 0.3) is 5.91 Å². The molecule has 0 saturated heterocycles. The Morgan fingerprint density at radius 1 is 1.16 bits per heavy atom. The Morgan fingerprint density at radius 3 is 2.53 bits per heavy atom. The van der Waals surface area contributed by atoms with Crippen LogP contribution >= 0.6 is 0 Å². The molecule has 0 aromatic heterocycles. The first-order chi connectivity index (χ1) is 9.08. The van der Waals surface area contributed by atoms with Crippen LogP contribution in [0.4, 0.5) is 11.4 Å². The molecule has 98 valence electrons. The van der Waals surface area contributed by atoms with Crippen molar-refractivity contribution in [2.45, 2.75) is 13.5 Å². The van der Waals surface area contributed by atoms with Gasteiger partial charge in [0.2, 0.25) is 0 Å². The summed E-state index contributed by atoms with van der Waals surface area (Å²) in [6.07, 6.45) is 0. The fraction of sp³-hybridized carbons (Fsp3) is 0.133. The van der Waals surface area contributed by atoms with Gasteiger partial charge in [-0.05, 0) is 30.2 Å². The third-order valence-corrected chi connectivity index (χ3v) is 2.90. The van der Waals surface area contributed by atoms with E-state index in [0.717, 1.165) is 11.1 Å². The number of carbonyl (C=O) groups excluding carboxylic acids is 1. The zero-order chi connectivity index (χ0) is 13.8. The molecule has 2 rings (SSSR count). The topological polar surface area (TPSA) is 81.1 Å². The minimum absolute atomic E-state index is 0.211. The lowest BCUT2D eigenvalue weighted by Gasteiger charge is -2.10. The monoisotopic (exact) mass is 255 g/mol. The van der Waals surface area contributed by atoms with Gasteiger partial charge in [-0.3, -0.25) is 4.79 Å². The molecule has 2 aromatic rings. The van der Waals surface area contributed by atoms with E-state index in [1.165, 1.54) is 0 Å². The van der Waals surface area contributed by atoms with E-state index in [9.17, 15) is 4.79 Å². The zero-order valence-electron chi connectivity index (χ0n) is 10.8. The van der Waals surface area contributed by atoms with Gasteiger partial charge >= 0.3 is 0 Å². The van der Waals surface area contributed by atoms with Crippen LogP contribution in [0.3, 0.4) is 0 Å². The molecule has 0 atom stereocenters. The van der Waals surface area contributed by atoms with Gasteiger partial charge in [0.1, 0.15) is 0 Å². The Balaban J connectivity index is 2.13. The predicted molar refractivity (Wildman–Crippen MR) is 77.6 cm³/mol. The molecule has 5 N–H and O–H groups in total. The summed E-state index contributed by atoms with van der Waals surface area (Å²) < 4.78 is 0. The van der Waals surface area contributed by atoms with Crippen LogP contribution in [0.15, 0.2) is 42.5 Å². The number of nitrogens with one attached hydrogen (secondary N) is 1. The van der Waals surface area contributed by atoms with E-state index in [1.54, 1.807) is 12.1 Å². The second-order valence-electron chi connectivity index (χ2n) is 4.48. The van der Waals surface area contributed by atoms with E-state index in [2.05, 4.69) is 5.32 Å². The van der Waals surface area contributed by atoms with E-state index >= 15 is 0 Å². The molecule has 1 amide bonds. The Kier molecular flexibility index (Phi) is 3.71. The number of amides is 1. The number of hydrogen-bond acceptors (Lipinski definition) is 3. The predicted octanol–water partition coefficient (Wildman–Crippen LogP) is 2.09. The van der Waals surface area contributed by atoms with Gasteiger partial charge in [0.05, 0.1) is 16.9 Å². The highest BCUT2D eigenvalue weighted by Gasteiger charge is 2.12. The quantitative estimate of drug-likeness (QED) is 0.734. The minimum Gasteiger partial charge on any atom is -0.397 e. The second-order valence-corrected chi connectivity index (χ2v) is 4.48.